The Hall–Kier alpha value is -1.39. The quantitative estimate of drug-likeness (QED) is 0.560. The van der Waals surface area contributed by atoms with Gasteiger partial charge in [0.15, 0.2) is 0 Å². The summed E-state index contributed by atoms with van der Waals surface area (Å²) in [5, 5.41) is 2.52. The van der Waals surface area contributed by atoms with E-state index in [9.17, 15) is 4.79 Å². The Morgan fingerprint density at radius 3 is 2.33 bits per heavy atom. The van der Waals surface area contributed by atoms with E-state index in [-0.39, 0.29) is 0 Å². The third kappa shape index (κ3) is 3.04. The Morgan fingerprint density at radius 1 is 1.27 bits per heavy atom. The molecule has 0 atom stereocenters. The van der Waals surface area contributed by atoms with E-state index < -0.39 is 5.91 Å². The van der Waals surface area contributed by atoms with Crippen molar-refractivity contribution in [1.29, 1.82) is 0 Å². The lowest BCUT2D eigenvalue weighted by Gasteiger charge is -2.29. The van der Waals surface area contributed by atoms with Crippen LogP contribution in [0, 0.1) is 0 Å². The first-order valence-corrected chi connectivity index (χ1v) is 4.62. The lowest BCUT2D eigenvalue weighted by atomic mass is 10.1. The first-order chi connectivity index (χ1) is 7.26. The highest BCUT2D eigenvalue weighted by Gasteiger charge is 2.29. The van der Waals surface area contributed by atoms with Gasteiger partial charge < -0.3 is 14.8 Å². The number of carbonyl (C=O) groups is 1. The van der Waals surface area contributed by atoms with Crippen LogP contribution in [-0.4, -0.2) is 26.5 Å². The summed E-state index contributed by atoms with van der Waals surface area (Å²) in [6, 6.07) is 9.66. The van der Waals surface area contributed by atoms with E-state index in [0.717, 1.165) is 5.56 Å². The second-order valence-electron chi connectivity index (χ2n) is 3.09. The molecule has 1 amide bonds. The highest BCUT2D eigenvalue weighted by Crippen LogP contribution is 2.14. The van der Waals surface area contributed by atoms with Crippen LogP contribution in [0.15, 0.2) is 30.3 Å². The Bertz CT molecular complexity index is 296. The summed E-state index contributed by atoms with van der Waals surface area (Å²) < 4.78 is 10.3. The van der Waals surface area contributed by atoms with Gasteiger partial charge in [-0.1, -0.05) is 30.3 Å². The Morgan fingerprint density at radius 2 is 1.87 bits per heavy atom. The second-order valence-corrected chi connectivity index (χ2v) is 3.09. The van der Waals surface area contributed by atoms with Crippen LogP contribution < -0.4 is 5.32 Å². The zero-order valence-corrected chi connectivity index (χ0v) is 8.90. The van der Waals surface area contributed by atoms with Crippen LogP contribution >= 0.6 is 0 Å². The average Bonchev–Trinajstić information content (AvgIpc) is 2.30. The van der Waals surface area contributed by atoms with Gasteiger partial charge in [0.2, 0.25) is 6.41 Å². The summed E-state index contributed by atoms with van der Waals surface area (Å²) in [7, 11) is 2.98. The van der Waals surface area contributed by atoms with Gasteiger partial charge >= 0.3 is 0 Å². The number of nitrogens with one attached hydrogen (secondary N) is 1. The number of methoxy groups -OCH3 is 2. The molecule has 0 fully saturated rings. The molecule has 4 nitrogen and oxygen atoms in total. The molecule has 82 valence electrons. The Balaban J connectivity index is 2.78. The molecule has 0 radical (unpaired) electrons. The lowest BCUT2D eigenvalue weighted by molar-refractivity contribution is -0.222. The normalized spacial score (nSPS) is 11.1. The zero-order valence-electron chi connectivity index (χ0n) is 8.90. The van der Waals surface area contributed by atoms with Gasteiger partial charge in [0, 0.05) is 20.6 Å². The van der Waals surface area contributed by atoms with Gasteiger partial charge in [0.25, 0.3) is 5.91 Å². The molecule has 0 saturated carbocycles. The van der Waals surface area contributed by atoms with Gasteiger partial charge in [-0.05, 0) is 5.56 Å². The van der Waals surface area contributed by atoms with E-state index in [2.05, 4.69) is 5.32 Å². The number of benzene rings is 1. The van der Waals surface area contributed by atoms with Gasteiger partial charge in [-0.2, -0.15) is 0 Å². The third-order valence-corrected chi connectivity index (χ3v) is 2.22. The minimum Gasteiger partial charge on any atom is -0.336 e. The molecule has 1 N–H and O–H groups in total. The first kappa shape index (κ1) is 11.7. The van der Waals surface area contributed by atoms with E-state index in [1.807, 2.05) is 30.3 Å². The standard InChI is InChI=1S/C11H15NO3/c1-14-11(15-2,12-9-13)8-10-6-4-3-5-7-10/h3-7,9H,8H2,1-2H3,(H,12,13). The fourth-order valence-corrected chi connectivity index (χ4v) is 1.35. The van der Waals surface area contributed by atoms with Crippen LogP contribution in [0.25, 0.3) is 0 Å². The van der Waals surface area contributed by atoms with E-state index in [0.29, 0.717) is 12.8 Å². The average molecular weight is 209 g/mol. The predicted octanol–water partition coefficient (Wildman–Crippen LogP) is 0.922. The SMILES string of the molecule is COC(Cc1ccccc1)(NC=O)OC. The fourth-order valence-electron chi connectivity index (χ4n) is 1.35. The van der Waals surface area contributed by atoms with Crippen molar-refractivity contribution in [3.8, 4) is 0 Å². The number of hydrogen-bond acceptors (Lipinski definition) is 3. The number of carbonyl (C=O) groups excluding carboxylic acids is 1. The summed E-state index contributed by atoms with van der Waals surface area (Å²) in [5.41, 5.74) is 1.02. The largest absolute Gasteiger partial charge is 0.336 e. The van der Waals surface area contributed by atoms with Gasteiger partial charge in [-0.3, -0.25) is 4.79 Å². The smallest absolute Gasteiger partial charge is 0.254 e. The minimum atomic E-state index is -1.08. The maximum Gasteiger partial charge on any atom is 0.254 e. The van der Waals surface area contributed by atoms with Crippen LogP contribution in [0.4, 0.5) is 0 Å². The second kappa shape index (κ2) is 5.48. The van der Waals surface area contributed by atoms with Crippen LogP contribution in [0.5, 0.6) is 0 Å². The van der Waals surface area contributed by atoms with Crippen LogP contribution in [0.2, 0.25) is 0 Å². The lowest BCUT2D eigenvalue weighted by Crippen LogP contribution is -2.49. The molecule has 1 aromatic rings. The number of rotatable bonds is 6. The predicted molar refractivity (Wildman–Crippen MR) is 56.1 cm³/mol. The number of ether oxygens (including phenoxy) is 2. The number of hydrogen-bond donors (Lipinski definition) is 1. The molecule has 0 spiro atoms. The molecule has 0 aliphatic heterocycles. The van der Waals surface area contributed by atoms with Crippen LogP contribution in [-0.2, 0) is 20.7 Å². The highest BCUT2D eigenvalue weighted by atomic mass is 16.7. The van der Waals surface area contributed by atoms with Crippen molar-refractivity contribution in [1.82, 2.24) is 5.32 Å². The summed E-state index contributed by atoms with van der Waals surface area (Å²) in [4.78, 5) is 10.5. The molecule has 0 saturated heterocycles. The van der Waals surface area contributed by atoms with Crippen molar-refractivity contribution < 1.29 is 14.3 Å². The first-order valence-electron chi connectivity index (χ1n) is 4.62. The van der Waals surface area contributed by atoms with Crippen LogP contribution in [0.3, 0.4) is 0 Å². The van der Waals surface area contributed by atoms with Crippen LogP contribution in [0.1, 0.15) is 5.56 Å². The monoisotopic (exact) mass is 209 g/mol. The van der Waals surface area contributed by atoms with E-state index in [4.69, 9.17) is 9.47 Å². The van der Waals surface area contributed by atoms with Crippen molar-refractivity contribution in [2.24, 2.45) is 0 Å². The molecule has 0 aromatic heterocycles. The molecule has 15 heavy (non-hydrogen) atoms. The maximum atomic E-state index is 10.5. The summed E-state index contributed by atoms with van der Waals surface area (Å²) in [6.07, 6.45) is 1.02. The fraction of sp³-hybridized carbons (Fsp3) is 0.364. The van der Waals surface area contributed by atoms with Crippen molar-refractivity contribution in [3.05, 3.63) is 35.9 Å². The molecule has 1 rings (SSSR count). The topological polar surface area (TPSA) is 47.6 Å². The Labute approximate surface area is 89.2 Å². The van der Waals surface area contributed by atoms with Gasteiger partial charge in [-0.15, -0.1) is 0 Å². The van der Waals surface area contributed by atoms with Gasteiger partial charge in [0.05, 0.1) is 0 Å². The van der Waals surface area contributed by atoms with Crippen molar-refractivity contribution in [2.75, 3.05) is 14.2 Å². The highest BCUT2D eigenvalue weighted by molar-refractivity contribution is 5.47. The summed E-state index contributed by atoms with van der Waals surface area (Å²) in [5.74, 6) is -1.08. The summed E-state index contributed by atoms with van der Waals surface area (Å²) >= 11 is 0. The van der Waals surface area contributed by atoms with E-state index in [1.54, 1.807) is 0 Å². The molecular weight excluding hydrogens is 194 g/mol. The molecule has 0 heterocycles. The summed E-state index contributed by atoms with van der Waals surface area (Å²) in [6.45, 7) is 0. The third-order valence-electron chi connectivity index (χ3n) is 2.22. The molecule has 0 aliphatic rings. The van der Waals surface area contributed by atoms with E-state index >= 15 is 0 Å². The van der Waals surface area contributed by atoms with Crippen molar-refractivity contribution in [2.45, 2.75) is 12.3 Å². The van der Waals surface area contributed by atoms with Gasteiger partial charge in [0.1, 0.15) is 0 Å². The molecule has 0 unspecified atom stereocenters. The minimum absolute atomic E-state index is 0.458. The molecule has 1 aromatic carbocycles. The Kier molecular flexibility index (Phi) is 4.27. The molecule has 0 aliphatic carbocycles. The molecule has 0 bridgehead atoms. The van der Waals surface area contributed by atoms with E-state index in [1.165, 1.54) is 14.2 Å². The zero-order chi connectivity index (χ0) is 11.1. The van der Waals surface area contributed by atoms with Gasteiger partial charge in [-0.25, -0.2) is 0 Å². The molecular formula is C11H15NO3. The van der Waals surface area contributed by atoms with Crippen molar-refractivity contribution >= 4 is 6.41 Å². The van der Waals surface area contributed by atoms with Crippen molar-refractivity contribution in [3.63, 3.8) is 0 Å². The number of amides is 1. The molecule has 4 heteroatoms. The maximum absolute atomic E-state index is 10.5.